The van der Waals surface area contributed by atoms with Gasteiger partial charge in [0.05, 0.1) is 0 Å². The van der Waals surface area contributed by atoms with Gasteiger partial charge in [-0.3, -0.25) is 4.98 Å². The predicted octanol–water partition coefficient (Wildman–Crippen LogP) is 2.83. The molecule has 0 bridgehead atoms. The molecule has 0 spiro atoms. The molecule has 1 unspecified atom stereocenters. The number of benzene rings is 1. The first-order valence-corrected chi connectivity index (χ1v) is 4.57. The Morgan fingerprint density at radius 3 is 2.50 bits per heavy atom. The molecule has 1 aromatic carbocycles. The molecule has 0 aliphatic heterocycles. The lowest BCUT2D eigenvalue weighted by molar-refractivity contribution is -0.206. The van der Waals surface area contributed by atoms with E-state index in [1.165, 1.54) is 12.3 Å². The second-order valence-corrected chi connectivity index (χ2v) is 3.39. The van der Waals surface area contributed by atoms with Crippen LogP contribution in [-0.2, 0) is 0 Å². The van der Waals surface area contributed by atoms with E-state index in [9.17, 15) is 18.3 Å². The molecule has 0 fully saturated rings. The smallest absolute Gasteiger partial charge is 0.379 e. The first kappa shape index (κ1) is 10.9. The van der Waals surface area contributed by atoms with Crippen LogP contribution in [0.15, 0.2) is 36.7 Å². The number of aliphatic hydroxyl groups is 1. The summed E-state index contributed by atoms with van der Waals surface area (Å²) in [6.07, 6.45) is -4.67. The molecule has 0 aliphatic carbocycles. The van der Waals surface area contributed by atoms with Gasteiger partial charge in [-0.1, -0.05) is 24.3 Å². The number of hydrogen-bond donors (Lipinski definition) is 1. The molecular formula is C11H8F3NO. The number of rotatable bonds is 1. The zero-order chi connectivity index (χ0) is 11.8. The fourth-order valence-corrected chi connectivity index (χ4v) is 1.53. The highest BCUT2D eigenvalue weighted by Crippen LogP contribution is 2.35. The normalized spacial score (nSPS) is 14.0. The molecule has 16 heavy (non-hydrogen) atoms. The van der Waals surface area contributed by atoms with Crippen molar-refractivity contribution in [1.82, 2.24) is 4.98 Å². The monoisotopic (exact) mass is 227 g/mol. The first-order chi connectivity index (χ1) is 7.50. The van der Waals surface area contributed by atoms with E-state index in [1.54, 1.807) is 18.2 Å². The maximum atomic E-state index is 12.4. The van der Waals surface area contributed by atoms with Crippen molar-refractivity contribution in [2.24, 2.45) is 0 Å². The highest BCUT2D eigenvalue weighted by molar-refractivity contribution is 5.84. The van der Waals surface area contributed by atoms with Crippen molar-refractivity contribution >= 4 is 10.8 Å². The van der Waals surface area contributed by atoms with Gasteiger partial charge in [-0.15, -0.1) is 0 Å². The van der Waals surface area contributed by atoms with Gasteiger partial charge in [-0.05, 0) is 5.39 Å². The van der Waals surface area contributed by atoms with E-state index in [-0.39, 0.29) is 5.56 Å². The molecule has 1 heterocycles. The number of aliphatic hydroxyl groups excluding tert-OH is 1. The molecule has 84 valence electrons. The molecule has 0 radical (unpaired) electrons. The standard InChI is InChI=1S/C11H8F3NO/c12-11(13,14)10(16)9-6-15-5-7-3-1-2-4-8(7)9/h1-6,10,16H. The van der Waals surface area contributed by atoms with Crippen LogP contribution in [0.3, 0.4) is 0 Å². The van der Waals surface area contributed by atoms with E-state index in [0.29, 0.717) is 10.8 Å². The first-order valence-electron chi connectivity index (χ1n) is 4.57. The van der Waals surface area contributed by atoms with E-state index in [2.05, 4.69) is 4.98 Å². The van der Waals surface area contributed by atoms with Crippen LogP contribution in [0.5, 0.6) is 0 Å². The lowest BCUT2D eigenvalue weighted by atomic mass is 10.0. The van der Waals surface area contributed by atoms with Gasteiger partial charge in [0.1, 0.15) is 0 Å². The van der Waals surface area contributed by atoms with Crippen LogP contribution in [0.25, 0.3) is 10.8 Å². The van der Waals surface area contributed by atoms with E-state index in [1.807, 2.05) is 0 Å². The van der Waals surface area contributed by atoms with Crippen LogP contribution < -0.4 is 0 Å². The van der Waals surface area contributed by atoms with Crippen LogP contribution in [0.1, 0.15) is 11.7 Å². The number of nitrogens with zero attached hydrogens (tertiary/aromatic N) is 1. The predicted molar refractivity (Wildman–Crippen MR) is 52.8 cm³/mol. The Morgan fingerprint density at radius 1 is 1.12 bits per heavy atom. The lowest BCUT2D eigenvalue weighted by Crippen LogP contribution is -2.20. The summed E-state index contributed by atoms with van der Waals surface area (Å²) >= 11 is 0. The number of aromatic nitrogens is 1. The molecule has 1 N–H and O–H groups in total. The summed E-state index contributed by atoms with van der Waals surface area (Å²) in [4.78, 5) is 3.69. The summed E-state index contributed by atoms with van der Waals surface area (Å²) in [5.41, 5.74) is -0.217. The Morgan fingerprint density at radius 2 is 1.81 bits per heavy atom. The maximum absolute atomic E-state index is 12.4. The van der Waals surface area contributed by atoms with E-state index in [0.717, 1.165) is 6.20 Å². The van der Waals surface area contributed by atoms with Crippen LogP contribution in [-0.4, -0.2) is 16.3 Å². The Balaban J connectivity index is 2.61. The average Bonchev–Trinajstić information content (AvgIpc) is 2.26. The Kier molecular flexibility index (Phi) is 2.55. The Hall–Kier alpha value is -1.62. The molecule has 1 atom stereocenters. The molecule has 5 heteroatoms. The van der Waals surface area contributed by atoms with Gasteiger partial charge in [-0.2, -0.15) is 13.2 Å². The van der Waals surface area contributed by atoms with Crippen molar-refractivity contribution in [2.75, 3.05) is 0 Å². The van der Waals surface area contributed by atoms with Crippen molar-refractivity contribution in [3.05, 3.63) is 42.2 Å². The molecule has 2 rings (SSSR count). The highest BCUT2D eigenvalue weighted by Gasteiger charge is 2.40. The summed E-state index contributed by atoms with van der Waals surface area (Å²) in [5.74, 6) is 0. The van der Waals surface area contributed by atoms with E-state index >= 15 is 0 Å². The van der Waals surface area contributed by atoms with Gasteiger partial charge < -0.3 is 5.11 Å². The number of fused-ring (bicyclic) bond motifs is 1. The summed E-state index contributed by atoms with van der Waals surface area (Å²) in [6, 6.07) is 6.50. The minimum atomic E-state index is -4.67. The second-order valence-electron chi connectivity index (χ2n) is 3.39. The fraction of sp³-hybridized carbons (Fsp3) is 0.182. The molecule has 0 amide bonds. The highest BCUT2D eigenvalue weighted by atomic mass is 19.4. The number of halogens is 3. The van der Waals surface area contributed by atoms with Crippen molar-refractivity contribution in [3.63, 3.8) is 0 Å². The summed E-state index contributed by atoms with van der Waals surface area (Å²) < 4.78 is 37.2. The van der Waals surface area contributed by atoms with Crippen molar-refractivity contribution in [2.45, 2.75) is 12.3 Å². The quantitative estimate of drug-likeness (QED) is 0.812. The maximum Gasteiger partial charge on any atom is 0.418 e. The third kappa shape index (κ3) is 1.86. The fourth-order valence-electron chi connectivity index (χ4n) is 1.53. The summed E-state index contributed by atoms with van der Waals surface area (Å²) in [5, 5.41) is 10.1. The number of alkyl halides is 3. The van der Waals surface area contributed by atoms with E-state index in [4.69, 9.17) is 0 Å². The van der Waals surface area contributed by atoms with Crippen molar-refractivity contribution < 1.29 is 18.3 Å². The second kappa shape index (κ2) is 3.75. The Bertz CT molecular complexity index is 505. The van der Waals surface area contributed by atoms with Gasteiger partial charge >= 0.3 is 6.18 Å². The number of hydrogen-bond acceptors (Lipinski definition) is 2. The van der Waals surface area contributed by atoms with Crippen molar-refractivity contribution in [1.29, 1.82) is 0 Å². The molecule has 2 nitrogen and oxygen atoms in total. The summed E-state index contributed by atoms with van der Waals surface area (Å²) in [6.45, 7) is 0. The largest absolute Gasteiger partial charge is 0.418 e. The van der Waals surface area contributed by atoms with Crippen LogP contribution >= 0.6 is 0 Å². The molecular weight excluding hydrogens is 219 g/mol. The minimum Gasteiger partial charge on any atom is -0.379 e. The third-order valence-corrected chi connectivity index (χ3v) is 2.30. The Labute approximate surface area is 89.4 Å². The third-order valence-electron chi connectivity index (χ3n) is 2.30. The molecule has 0 aliphatic rings. The molecule has 2 aromatic rings. The zero-order valence-electron chi connectivity index (χ0n) is 8.07. The molecule has 0 saturated heterocycles. The number of pyridine rings is 1. The van der Waals surface area contributed by atoms with Gasteiger partial charge in [0.15, 0.2) is 6.10 Å². The lowest BCUT2D eigenvalue weighted by Gasteiger charge is -2.16. The van der Waals surface area contributed by atoms with Gasteiger partial charge in [0.25, 0.3) is 0 Å². The van der Waals surface area contributed by atoms with Crippen molar-refractivity contribution in [3.8, 4) is 0 Å². The zero-order valence-corrected chi connectivity index (χ0v) is 8.07. The SMILES string of the molecule is OC(c1cncc2ccccc12)C(F)(F)F. The van der Waals surface area contributed by atoms with Gasteiger partial charge in [0.2, 0.25) is 0 Å². The molecule has 1 aromatic heterocycles. The van der Waals surface area contributed by atoms with E-state index < -0.39 is 12.3 Å². The van der Waals surface area contributed by atoms with Crippen LogP contribution in [0.2, 0.25) is 0 Å². The molecule has 0 saturated carbocycles. The van der Waals surface area contributed by atoms with Crippen LogP contribution in [0, 0.1) is 0 Å². The minimum absolute atomic E-state index is 0.217. The average molecular weight is 227 g/mol. The van der Waals surface area contributed by atoms with Gasteiger partial charge in [-0.25, -0.2) is 0 Å². The van der Waals surface area contributed by atoms with Gasteiger partial charge in [0, 0.05) is 23.3 Å². The van der Waals surface area contributed by atoms with Crippen LogP contribution in [0.4, 0.5) is 13.2 Å². The topological polar surface area (TPSA) is 33.1 Å². The summed E-state index contributed by atoms with van der Waals surface area (Å²) in [7, 11) is 0.